The minimum Gasteiger partial charge on any atom is -0.370 e. The highest BCUT2D eigenvalue weighted by atomic mass is 19.1. The first-order valence-electron chi connectivity index (χ1n) is 4.16. The van der Waals surface area contributed by atoms with Crippen molar-refractivity contribution >= 4 is 11.6 Å². The van der Waals surface area contributed by atoms with Gasteiger partial charge in [0.25, 0.3) is 0 Å². The van der Waals surface area contributed by atoms with Crippen molar-refractivity contribution in [1.29, 1.82) is 0 Å². The first-order chi connectivity index (χ1) is 6.65. The Kier molecular flexibility index (Phi) is 3.39. The van der Waals surface area contributed by atoms with E-state index in [0.717, 1.165) is 12.1 Å². The Hall–Kier alpha value is -1.65. The fraction of sp³-hybridized carbons (Fsp3) is 0.222. The smallest absolute Gasteiger partial charge is 0.193 e. The van der Waals surface area contributed by atoms with E-state index in [1.807, 2.05) is 0 Å². The number of anilines is 1. The monoisotopic (exact) mass is 199 g/mol. The van der Waals surface area contributed by atoms with Crippen LogP contribution in [-0.2, 0) is 0 Å². The van der Waals surface area contributed by atoms with E-state index in [1.165, 1.54) is 6.07 Å². The minimum atomic E-state index is -0.695. The lowest BCUT2D eigenvalue weighted by Gasteiger charge is -2.06. The van der Waals surface area contributed by atoms with E-state index in [4.69, 9.17) is 5.73 Å². The van der Waals surface area contributed by atoms with Crippen LogP contribution in [0, 0.1) is 11.6 Å². The lowest BCUT2D eigenvalue weighted by Crippen LogP contribution is -2.24. The molecule has 1 aromatic rings. The van der Waals surface area contributed by atoms with Crippen LogP contribution in [0.2, 0.25) is 0 Å². The highest BCUT2D eigenvalue weighted by Crippen LogP contribution is 2.17. The number of hydrogen-bond donors (Lipinski definition) is 2. The maximum atomic E-state index is 13.0. The fourth-order valence-electron chi connectivity index (χ4n) is 0.955. The van der Waals surface area contributed by atoms with Gasteiger partial charge in [0.15, 0.2) is 5.96 Å². The van der Waals surface area contributed by atoms with E-state index < -0.39 is 11.6 Å². The number of nitrogens with one attached hydrogen (secondary N) is 1. The first-order valence-corrected chi connectivity index (χ1v) is 4.16. The van der Waals surface area contributed by atoms with Crippen LogP contribution in [-0.4, -0.2) is 12.5 Å². The number of aliphatic imine (C=N–C) groups is 1. The van der Waals surface area contributed by atoms with Crippen LogP contribution in [0.5, 0.6) is 0 Å². The molecule has 0 radical (unpaired) electrons. The molecule has 0 heterocycles. The van der Waals surface area contributed by atoms with Crippen LogP contribution in [0.1, 0.15) is 6.92 Å². The third-order valence-electron chi connectivity index (χ3n) is 1.54. The van der Waals surface area contributed by atoms with Crippen LogP contribution in [0.25, 0.3) is 0 Å². The molecular formula is C9H11F2N3. The van der Waals surface area contributed by atoms with Gasteiger partial charge in [-0.1, -0.05) is 6.07 Å². The molecule has 76 valence electrons. The molecule has 3 N–H and O–H groups in total. The molecule has 0 aliphatic heterocycles. The van der Waals surface area contributed by atoms with Crippen molar-refractivity contribution < 1.29 is 8.78 Å². The number of nitrogens with two attached hydrogens (primary N) is 1. The Balaban J connectivity index is 2.91. The zero-order valence-electron chi connectivity index (χ0n) is 7.72. The third-order valence-corrected chi connectivity index (χ3v) is 1.54. The maximum Gasteiger partial charge on any atom is 0.193 e. The quantitative estimate of drug-likeness (QED) is 0.562. The molecule has 5 heteroatoms. The Labute approximate surface area is 80.6 Å². The number of guanidine groups is 1. The average molecular weight is 199 g/mol. The van der Waals surface area contributed by atoms with Crippen molar-refractivity contribution in [3.63, 3.8) is 0 Å². The maximum absolute atomic E-state index is 13.0. The topological polar surface area (TPSA) is 50.4 Å². The Bertz CT molecular complexity index is 330. The summed E-state index contributed by atoms with van der Waals surface area (Å²) in [5.41, 5.74) is 5.08. The minimum absolute atomic E-state index is 0.00324. The van der Waals surface area contributed by atoms with Crippen molar-refractivity contribution in [1.82, 2.24) is 0 Å². The molecule has 0 aliphatic rings. The van der Waals surface area contributed by atoms with Gasteiger partial charge >= 0.3 is 0 Å². The molecular weight excluding hydrogens is 188 g/mol. The Morgan fingerprint density at radius 1 is 1.43 bits per heavy atom. The standard InChI is InChI=1S/C9H11F2N3/c1-2-13-9(12)14-8-6(10)4-3-5-7(8)11/h3-5H,2H2,1H3,(H3,12,13,14). The molecule has 0 atom stereocenters. The summed E-state index contributed by atoms with van der Waals surface area (Å²) in [5, 5.41) is 2.36. The van der Waals surface area contributed by atoms with E-state index in [0.29, 0.717) is 6.54 Å². The van der Waals surface area contributed by atoms with Crippen LogP contribution in [0.15, 0.2) is 23.2 Å². The molecule has 14 heavy (non-hydrogen) atoms. The molecule has 0 saturated heterocycles. The number of halogens is 2. The molecule has 0 aromatic heterocycles. The molecule has 0 amide bonds. The Morgan fingerprint density at radius 2 is 2.00 bits per heavy atom. The zero-order valence-corrected chi connectivity index (χ0v) is 7.72. The SMILES string of the molecule is CCN=C(N)Nc1c(F)cccc1F. The predicted molar refractivity (Wildman–Crippen MR) is 52.1 cm³/mol. The van der Waals surface area contributed by atoms with E-state index >= 15 is 0 Å². The molecule has 0 bridgehead atoms. The second kappa shape index (κ2) is 4.55. The molecule has 0 spiro atoms. The van der Waals surface area contributed by atoms with Crippen molar-refractivity contribution in [3.05, 3.63) is 29.8 Å². The van der Waals surface area contributed by atoms with Gasteiger partial charge in [0.2, 0.25) is 0 Å². The number of nitrogens with zero attached hydrogens (tertiary/aromatic N) is 1. The van der Waals surface area contributed by atoms with Gasteiger partial charge in [-0.15, -0.1) is 0 Å². The van der Waals surface area contributed by atoms with Gasteiger partial charge in [-0.25, -0.2) is 8.78 Å². The molecule has 0 saturated carbocycles. The molecule has 1 rings (SSSR count). The molecule has 3 nitrogen and oxygen atoms in total. The Morgan fingerprint density at radius 3 is 2.50 bits per heavy atom. The van der Waals surface area contributed by atoms with E-state index in [9.17, 15) is 8.78 Å². The second-order valence-electron chi connectivity index (χ2n) is 2.58. The molecule has 1 aromatic carbocycles. The normalized spacial score (nSPS) is 11.5. The van der Waals surface area contributed by atoms with E-state index in [2.05, 4.69) is 10.3 Å². The van der Waals surface area contributed by atoms with Gasteiger partial charge in [0, 0.05) is 6.54 Å². The second-order valence-corrected chi connectivity index (χ2v) is 2.58. The van der Waals surface area contributed by atoms with Crippen LogP contribution in [0.4, 0.5) is 14.5 Å². The van der Waals surface area contributed by atoms with Crippen LogP contribution in [0.3, 0.4) is 0 Å². The van der Waals surface area contributed by atoms with Crippen LogP contribution < -0.4 is 11.1 Å². The highest BCUT2D eigenvalue weighted by molar-refractivity contribution is 5.92. The summed E-state index contributed by atoms with van der Waals surface area (Å²) in [6.07, 6.45) is 0. The summed E-state index contributed by atoms with van der Waals surface area (Å²) in [5.74, 6) is -1.39. The fourth-order valence-corrected chi connectivity index (χ4v) is 0.955. The lowest BCUT2D eigenvalue weighted by molar-refractivity contribution is 0.591. The van der Waals surface area contributed by atoms with Gasteiger partial charge in [-0.2, -0.15) is 0 Å². The summed E-state index contributed by atoms with van der Waals surface area (Å²) in [6.45, 7) is 2.22. The number of rotatable bonds is 2. The predicted octanol–water partition coefficient (Wildman–Crippen LogP) is 1.71. The number of benzene rings is 1. The average Bonchev–Trinajstić information content (AvgIpc) is 2.12. The molecule has 0 fully saturated rings. The molecule has 0 unspecified atom stereocenters. The van der Waals surface area contributed by atoms with Crippen molar-refractivity contribution in [2.75, 3.05) is 11.9 Å². The third kappa shape index (κ3) is 2.42. The van der Waals surface area contributed by atoms with Crippen molar-refractivity contribution in [3.8, 4) is 0 Å². The van der Waals surface area contributed by atoms with E-state index in [1.54, 1.807) is 6.92 Å². The zero-order chi connectivity index (χ0) is 10.6. The summed E-state index contributed by atoms with van der Waals surface area (Å²) in [7, 11) is 0. The molecule has 0 aliphatic carbocycles. The summed E-state index contributed by atoms with van der Waals surface area (Å²) < 4.78 is 26.1. The van der Waals surface area contributed by atoms with Crippen molar-refractivity contribution in [2.45, 2.75) is 6.92 Å². The summed E-state index contributed by atoms with van der Waals surface area (Å²) in [6, 6.07) is 3.57. The van der Waals surface area contributed by atoms with Gasteiger partial charge in [-0.05, 0) is 19.1 Å². The first kappa shape index (κ1) is 10.4. The van der Waals surface area contributed by atoms with Crippen molar-refractivity contribution in [2.24, 2.45) is 10.7 Å². The van der Waals surface area contributed by atoms with Gasteiger partial charge < -0.3 is 11.1 Å². The largest absolute Gasteiger partial charge is 0.370 e. The summed E-state index contributed by atoms with van der Waals surface area (Å²) >= 11 is 0. The summed E-state index contributed by atoms with van der Waals surface area (Å²) in [4.78, 5) is 3.75. The highest BCUT2D eigenvalue weighted by Gasteiger charge is 2.08. The van der Waals surface area contributed by atoms with Gasteiger partial charge in [0.1, 0.15) is 17.3 Å². The number of hydrogen-bond acceptors (Lipinski definition) is 1. The van der Waals surface area contributed by atoms with Gasteiger partial charge in [-0.3, -0.25) is 4.99 Å². The van der Waals surface area contributed by atoms with E-state index in [-0.39, 0.29) is 11.6 Å². The van der Waals surface area contributed by atoms with Gasteiger partial charge in [0.05, 0.1) is 0 Å². The van der Waals surface area contributed by atoms with Crippen LogP contribution >= 0.6 is 0 Å². The lowest BCUT2D eigenvalue weighted by atomic mass is 10.3. The number of para-hydroxylation sites is 1.